The lowest BCUT2D eigenvalue weighted by atomic mass is 9.86. The van der Waals surface area contributed by atoms with Gasteiger partial charge in [-0.25, -0.2) is 19.4 Å². The van der Waals surface area contributed by atoms with Gasteiger partial charge in [-0.2, -0.15) is 5.10 Å². The normalized spacial score (nSPS) is 23.7. The third kappa shape index (κ3) is 4.84. The van der Waals surface area contributed by atoms with Crippen molar-refractivity contribution in [1.29, 1.82) is 0 Å². The number of hydrogen-bond donors (Lipinski definition) is 1. The predicted molar refractivity (Wildman–Crippen MR) is 147 cm³/mol. The van der Waals surface area contributed by atoms with Gasteiger partial charge in [0.2, 0.25) is 0 Å². The van der Waals surface area contributed by atoms with E-state index in [0.717, 1.165) is 41.8 Å². The third-order valence-corrected chi connectivity index (χ3v) is 8.24. The maximum Gasteiger partial charge on any atom is 0.410 e. The van der Waals surface area contributed by atoms with Crippen molar-refractivity contribution in [3.8, 4) is 5.82 Å². The number of likely N-dealkylation sites (tertiary alicyclic amines) is 1. The molecule has 3 aliphatic rings. The van der Waals surface area contributed by atoms with Crippen LogP contribution in [0.3, 0.4) is 0 Å². The number of aryl methyl sites for hydroxylation is 2. The summed E-state index contributed by atoms with van der Waals surface area (Å²) in [5, 5.41) is 15.7. The molecular formula is C29H38N6O4. The molecule has 3 aliphatic heterocycles. The van der Waals surface area contributed by atoms with Crippen molar-refractivity contribution in [2.24, 2.45) is 0 Å². The average molecular weight is 535 g/mol. The molecule has 0 radical (unpaired) electrons. The zero-order valence-electron chi connectivity index (χ0n) is 23.5. The van der Waals surface area contributed by atoms with Crippen LogP contribution in [-0.2, 0) is 9.47 Å². The standard InChI is InChI=1S/C29H38N6O4/c1-18-10-21-14-30-35(24(21)11-23(18)20-6-8-33(9-7-20)27(37)39-28(3,4)5)26-12-25(31-19(2)32-26)34-16-29(17-36)13-22(34)15-38-29/h10-12,14,20,22,36H,6-9,13,15-17H2,1-5H3. The van der Waals surface area contributed by atoms with Gasteiger partial charge in [0.15, 0.2) is 5.82 Å². The van der Waals surface area contributed by atoms with E-state index in [1.54, 1.807) is 0 Å². The average Bonchev–Trinajstić information content (AvgIpc) is 3.60. The molecule has 3 aromatic rings. The Labute approximate surface area is 228 Å². The first-order chi connectivity index (χ1) is 18.5. The molecule has 2 aromatic heterocycles. The molecule has 1 aromatic carbocycles. The Hall–Kier alpha value is -3.24. The second-order valence-electron chi connectivity index (χ2n) is 12.3. The number of carbonyl (C=O) groups excluding carboxylic acids is 1. The molecule has 2 bridgehead atoms. The van der Waals surface area contributed by atoms with Gasteiger partial charge in [-0.1, -0.05) is 0 Å². The molecule has 10 nitrogen and oxygen atoms in total. The predicted octanol–water partition coefficient (Wildman–Crippen LogP) is 3.89. The third-order valence-electron chi connectivity index (χ3n) is 8.24. The highest BCUT2D eigenvalue weighted by Crippen LogP contribution is 2.40. The number of aliphatic hydroxyl groups excluding tert-OH is 1. The minimum absolute atomic E-state index is 0.0134. The molecule has 1 amide bonds. The summed E-state index contributed by atoms with van der Waals surface area (Å²) in [6, 6.07) is 6.64. The lowest BCUT2D eigenvalue weighted by Crippen LogP contribution is -2.45. The smallest absolute Gasteiger partial charge is 0.410 e. The first-order valence-electron chi connectivity index (χ1n) is 13.9. The molecule has 0 spiro atoms. The number of aromatic nitrogens is 4. The van der Waals surface area contributed by atoms with Crippen LogP contribution in [0.1, 0.15) is 62.9 Å². The number of carbonyl (C=O) groups is 1. The topological polar surface area (TPSA) is 106 Å². The van der Waals surface area contributed by atoms with E-state index in [1.807, 2.05) is 49.5 Å². The van der Waals surface area contributed by atoms with Crippen LogP contribution >= 0.6 is 0 Å². The first-order valence-corrected chi connectivity index (χ1v) is 13.9. The molecule has 0 aliphatic carbocycles. The number of morpholine rings is 1. The zero-order valence-corrected chi connectivity index (χ0v) is 23.5. The molecule has 39 heavy (non-hydrogen) atoms. The Morgan fingerprint density at radius 3 is 2.59 bits per heavy atom. The summed E-state index contributed by atoms with van der Waals surface area (Å²) in [5.74, 6) is 2.60. The Balaban J connectivity index is 1.27. The van der Waals surface area contributed by atoms with Gasteiger partial charge in [0, 0.05) is 31.0 Å². The van der Waals surface area contributed by atoms with Crippen LogP contribution in [0.5, 0.6) is 0 Å². The molecular weight excluding hydrogens is 496 g/mol. The van der Waals surface area contributed by atoms with Crippen LogP contribution in [0.2, 0.25) is 0 Å². The second-order valence-corrected chi connectivity index (χ2v) is 12.3. The number of hydrogen-bond acceptors (Lipinski definition) is 8. The van der Waals surface area contributed by atoms with E-state index >= 15 is 0 Å². The molecule has 2 atom stereocenters. The van der Waals surface area contributed by atoms with E-state index in [-0.39, 0.29) is 18.7 Å². The summed E-state index contributed by atoms with van der Waals surface area (Å²) < 4.78 is 13.4. The Morgan fingerprint density at radius 1 is 1.15 bits per heavy atom. The van der Waals surface area contributed by atoms with Crippen LogP contribution in [0, 0.1) is 13.8 Å². The van der Waals surface area contributed by atoms with Crippen LogP contribution < -0.4 is 4.90 Å². The Kier molecular flexibility index (Phi) is 6.30. The fourth-order valence-corrected chi connectivity index (χ4v) is 6.32. The van der Waals surface area contributed by atoms with Crippen LogP contribution in [0.25, 0.3) is 16.7 Å². The molecule has 6 rings (SSSR count). The highest BCUT2D eigenvalue weighted by molar-refractivity contribution is 5.82. The van der Waals surface area contributed by atoms with E-state index in [9.17, 15) is 9.90 Å². The van der Waals surface area contributed by atoms with Crippen molar-refractivity contribution in [2.45, 2.75) is 77.0 Å². The number of anilines is 1. The highest BCUT2D eigenvalue weighted by atomic mass is 16.6. The number of piperidine rings is 1. The fraction of sp³-hybridized carbons (Fsp3) is 0.586. The Bertz CT molecular complexity index is 1410. The largest absolute Gasteiger partial charge is 0.444 e. The van der Waals surface area contributed by atoms with Crippen LogP contribution in [0.15, 0.2) is 24.4 Å². The van der Waals surface area contributed by atoms with E-state index in [0.29, 0.717) is 38.0 Å². The second kappa shape index (κ2) is 9.45. The molecule has 3 saturated heterocycles. The quantitative estimate of drug-likeness (QED) is 0.538. The van der Waals surface area contributed by atoms with E-state index in [2.05, 4.69) is 24.0 Å². The summed E-state index contributed by atoms with van der Waals surface area (Å²) in [5.41, 5.74) is 2.55. The van der Waals surface area contributed by atoms with Crippen molar-refractivity contribution in [2.75, 3.05) is 37.7 Å². The van der Waals surface area contributed by atoms with Gasteiger partial charge in [0.25, 0.3) is 0 Å². The molecule has 0 saturated carbocycles. The van der Waals surface area contributed by atoms with Crippen LogP contribution in [0.4, 0.5) is 10.6 Å². The summed E-state index contributed by atoms with van der Waals surface area (Å²) in [4.78, 5) is 26.1. The molecule has 10 heteroatoms. The summed E-state index contributed by atoms with van der Waals surface area (Å²) >= 11 is 0. The van der Waals surface area contributed by atoms with Gasteiger partial charge in [-0.3, -0.25) is 0 Å². The molecule has 208 valence electrons. The zero-order chi connectivity index (χ0) is 27.5. The molecule has 5 heterocycles. The van der Waals surface area contributed by atoms with Crippen molar-refractivity contribution >= 4 is 22.8 Å². The van der Waals surface area contributed by atoms with Crippen LogP contribution in [-0.4, -0.2) is 85.9 Å². The monoisotopic (exact) mass is 534 g/mol. The summed E-state index contributed by atoms with van der Waals surface area (Å²) in [7, 11) is 0. The Morgan fingerprint density at radius 2 is 1.90 bits per heavy atom. The van der Waals surface area contributed by atoms with Crippen molar-refractivity contribution < 1.29 is 19.4 Å². The van der Waals surface area contributed by atoms with E-state index < -0.39 is 11.2 Å². The van der Waals surface area contributed by atoms with Gasteiger partial charge in [-0.15, -0.1) is 0 Å². The molecule has 1 N–H and O–H groups in total. The number of nitrogens with zero attached hydrogens (tertiary/aromatic N) is 6. The van der Waals surface area contributed by atoms with Gasteiger partial charge < -0.3 is 24.4 Å². The first kappa shape index (κ1) is 26.0. The number of benzene rings is 1. The van der Waals surface area contributed by atoms with Gasteiger partial charge in [0.1, 0.15) is 22.8 Å². The summed E-state index contributed by atoms with van der Waals surface area (Å²) in [6.45, 7) is 12.3. The van der Waals surface area contributed by atoms with Crippen molar-refractivity contribution in [3.05, 3.63) is 41.3 Å². The van der Waals surface area contributed by atoms with Gasteiger partial charge >= 0.3 is 6.09 Å². The molecule has 3 fully saturated rings. The van der Waals surface area contributed by atoms with Gasteiger partial charge in [0.05, 0.1) is 37.5 Å². The van der Waals surface area contributed by atoms with E-state index in [1.165, 1.54) is 11.1 Å². The van der Waals surface area contributed by atoms with Gasteiger partial charge in [-0.05, 0) is 76.6 Å². The lowest BCUT2D eigenvalue weighted by molar-refractivity contribution is -0.0375. The summed E-state index contributed by atoms with van der Waals surface area (Å²) in [6.07, 6.45) is 4.25. The fourth-order valence-electron chi connectivity index (χ4n) is 6.32. The van der Waals surface area contributed by atoms with Crippen molar-refractivity contribution in [1.82, 2.24) is 24.6 Å². The number of rotatable bonds is 4. The number of ether oxygens (including phenoxy) is 2. The number of fused-ring (bicyclic) bond motifs is 3. The maximum atomic E-state index is 12.5. The highest BCUT2D eigenvalue weighted by Gasteiger charge is 2.51. The maximum absolute atomic E-state index is 12.5. The van der Waals surface area contributed by atoms with E-state index in [4.69, 9.17) is 24.5 Å². The number of amides is 1. The number of aliphatic hydroxyl groups is 1. The minimum atomic E-state index is -0.492. The molecule has 2 unspecified atom stereocenters. The SMILES string of the molecule is Cc1nc(N2CC3(CO)CC2CO3)cc(-n2ncc3cc(C)c(C4CCN(C(=O)OC(C)(C)C)CC4)cc32)n1. The lowest BCUT2D eigenvalue weighted by Gasteiger charge is -2.34. The minimum Gasteiger partial charge on any atom is -0.444 e. The van der Waals surface area contributed by atoms with Crippen molar-refractivity contribution in [3.63, 3.8) is 0 Å².